The second-order valence-electron chi connectivity index (χ2n) is 7.12. The molecular formula is C24H24Cl2F3N. The largest absolute Gasteiger partial charge is 0.416 e. The summed E-state index contributed by atoms with van der Waals surface area (Å²) >= 11 is 12.3. The third kappa shape index (κ3) is 8.07. The van der Waals surface area contributed by atoms with Crippen LogP contribution in [0, 0.1) is 11.8 Å². The summed E-state index contributed by atoms with van der Waals surface area (Å²) in [4.78, 5) is 2.40. The molecule has 1 atom stereocenters. The van der Waals surface area contributed by atoms with Crippen LogP contribution >= 0.6 is 23.2 Å². The van der Waals surface area contributed by atoms with Crippen molar-refractivity contribution >= 4 is 23.2 Å². The molecule has 0 aliphatic carbocycles. The maximum absolute atomic E-state index is 11.8. The third-order valence-corrected chi connectivity index (χ3v) is 4.92. The van der Waals surface area contributed by atoms with Crippen molar-refractivity contribution in [2.45, 2.75) is 38.4 Å². The molecule has 3 rings (SSSR count). The zero-order valence-electron chi connectivity index (χ0n) is 16.8. The Kier molecular flexibility index (Phi) is 9.30. The molecule has 1 aliphatic rings. The molecule has 0 bridgehead atoms. The summed E-state index contributed by atoms with van der Waals surface area (Å²) in [5, 5.41) is 1.32. The van der Waals surface area contributed by atoms with Gasteiger partial charge in [-0.1, -0.05) is 78.4 Å². The molecule has 0 saturated carbocycles. The van der Waals surface area contributed by atoms with Crippen LogP contribution in [0.15, 0.2) is 60.7 Å². The number of benzene rings is 2. The van der Waals surface area contributed by atoms with Crippen LogP contribution in [0.4, 0.5) is 13.2 Å². The average molecular weight is 454 g/mol. The van der Waals surface area contributed by atoms with Crippen molar-refractivity contribution in [3.8, 4) is 11.8 Å². The summed E-state index contributed by atoms with van der Waals surface area (Å²) in [6.45, 7) is 7.92. The fourth-order valence-corrected chi connectivity index (χ4v) is 3.66. The maximum Gasteiger partial charge on any atom is 0.416 e. The molecule has 160 valence electrons. The number of nitrogens with zero attached hydrogens (tertiary/aromatic N) is 1. The molecule has 2 aromatic rings. The Morgan fingerprint density at radius 1 is 1.00 bits per heavy atom. The summed E-state index contributed by atoms with van der Waals surface area (Å²) in [5.74, 6) is 6.43. The van der Waals surface area contributed by atoms with Gasteiger partial charge in [-0.2, -0.15) is 13.2 Å². The summed E-state index contributed by atoms with van der Waals surface area (Å²) in [7, 11) is 0. The van der Waals surface area contributed by atoms with E-state index in [-0.39, 0.29) is 6.04 Å². The first-order valence-electron chi connectivity index (χ1n) is 9.66. The van der Waals surface area contributed by atoms with E-state index in [1.165, 1.54) is 31.4 Å². The van der Waals surface area contributed by atoms with Crippen molar-refractivity contribution in [1.82, 2.24) is 4.90 Å². The van der Waals surface area contributed by atoms with Gasteiger partial charge in [0.15, 0.2) is 0 Å². The Hall–Kier alpha value is -1.93. The second kappa shape index (κ2) is 11.5. The van der Waals surface area contributed by atoms with Gasteiger partial charge in [0.2, 0.25) is 0 Å². The number of hydrogen-bond acceptors (Lipinski definition) is 1. The molecular weight excluding hydrogens is 430 g/mol. The number of alkyl halides is 3. The fraction of sp³-hybridized carbons (Fsp3) is 0.333. The highest BCUT2D eigenvalue weighted by molar-refractivity contribution is 6.34. The van der Waals surface area contributed by atoms with E-state index in [2.05, 4.69) is 23.3 Å². The molecule has 1 nitrogen and oxygen atoms in total. The van der Waals surface area contributed by atoms with Crippen molar-refractivity contribution in [2.24, 2.45) is 0 Å². The number of piperidine rings is 1. The summed E-state index contributed by atoms with van der Waals surface area (Å²) in [6, 6.07) is 12.1. The molecule has 1 aliphatic heterocycles. The van der Waals surface area contributed by atoms with Crippen LogP contribution in [0.25, 0.3) is 0 Å². The average Bonchev–Trinajstić information content (AvgIpc) is 2.69. The SMILES string of the molecule is C=C(C)C#CC(c1cc(Cl)cc(Cl)c1)N1CCCCC1.FC(F)(F)c1ccccc1. The Bertz CT molecular complexity index is 872. The minimum atomic E-state index is -4.21. The minimum Gasteiger partial charge on any atom is -0.286 e. The van der Waals surface area contributed by atoms with Crippen LogP contribution in [0.2, 0.25) is 10.0 Å². The van der Waals surface area contributed by atoms with Crippen molar-refractivity contribution in [3.63, 3.8) is 0 Å². The molecule has 1 heterocycles. The van der Waals surface area contributed by atoms with Crippen molar-refractivity contribution in [2.75, 3.05) is 13.1 Å². The van der Waals surface area contributed by atoms with Crippen LogP contribution in [-0.4, -0.2) is 18.0 Å². The van der Waals surface area contributed by atoms with E-state index in [0.29, 0.717) is 10.0 Å². The third-order valence-electron chi connectivity index (χ3n) is 4.48. The molecule has 0 spiro atoms. The first-order valence-corrected chi connectivity index (χ1v) is 10.4. The zero-order valence-corrected chi connectivity index (χ0v) is 18.3. The standard InChI is InChI=1S/C17H19Cl2N.C7H5F3/c1-13(2)6-7-17(20-8-4-3-5-9-20)14-10-15(18)12-16(19)11-14;8-7(9,10)6-4-2-1-3-5-6/h10-12,17H,1,3-5,8-9H2,2H3;1-5H. The lowest BCUT2D eigenvalue weighted by Crippen LogP contribution is -2.33. The van der Waals surface area contributed by atoms with E-state index in [0.717, 1.165) is 36.4 Å². The highest BCUT2D eigenvalue weighted by Gasteiger charge is 2.29. The Morgan fingerprint density at radius 3 is 2.03 bits per heavy atom. The Balaban J connectivity index is 0.000000269. The lowest BCUT2D eigenvalue weighted by atomic mass is 10.0. The summed E-state index contributed by atoms with van der Waals surface area (Å²) < 4.78 is 35.4. The van der Waals surface area contributed by atoms with Crippen molar-refractivity contribution in [3.05, 3.63) is 81.9 Å². The molecule has 0 amide bonds. The van der Waals surface area contributed by atoms with Crippen LogP contribution in [0.1, 0.15) is 43.4 Å². The van der Waals surface area contributed by atoms with Crippen molar-refractivity contribution < 1.29 is 13.2 Å². The van der Waals surface area contributed by atoms with E-state index in [1.54, 1.807) is 12.1 Å². The normalized spacial score (nSPS) is 15.3. The molecule has 1 saturated heterocycles. The van der Waals surface area contributed by atoms with Crippen LogP contribution in [0.3, 0.4) is 0 Å². The van der Waals surface area contributed by atoms with Gasteiger partial charge in [0.05, 0.1) is 11.6 Å². The number of rotatable bonds is 2. The predicted molar refractivity (Wildman–Crippen MR) is 119 cm³/mol. The predicted octanol–water partition coefficient (Wildman–Crippen LogP) is 7.81. The number of hydrogen-bond donors (Lipinski definition) is 0. The summed E-state index contributed by atoms with van der Waals surface area (Å²) in [6.07, 6.45) is -0.464. The van der Waals surface area contributed by atoms with Crippen LogP contribution in [0.5, 0.6) is 0 Å². The van der Waals surface area contributed by atoms with Gasteiger partial charge >= 0.3 is 6.18 Å². The molecule has 1 fully saturated rings. The monoisotopic (exact) mass is 453 g/mol. The molecule has 30 heavy (non-hydrogen) atoms. The van der Waals surface area contributed by atoms with Gasteiger partial charge in [-0.15, -0.1) is 0 Å². The quantitative estimate of drug-likeness (QED) is 0.419. The van der Waals surface area contributed by atoms with Gasteiger partial charge in [0.1, 0.15) is 0 Å². The number of halogens is 5. The zero-order chi connectivity index (χ0) is 22.1. The molecule has 1 unspecified atom stereocenters. The van der Waals surface area contributed by atoms with Crippen molar-refractivity contribution in [1.29, 1.82) is 0 Å². The minimum absolute atomic E-state index is 0.0446. The molecule has 0 aromatic heterocycles. The summed E-state index contributed by atoms with van der Waals surface area (Å²) in [5.41, 5.74) is 1.34. The van der Waals surface area contributed by atoms with Gasteiger partial charge < -0.3 is 0 Å². The van der Waals surface area contributed by atoms with Gasteiger partial charge in [-0.05, 0) is 62.2 Å². The van der Waals surface area contributed by atoms with Crippen LogP contribution in [-0.2, 0) is 6.18 Å². The smallest absolute Gasteiger partial charge is 0.286 e. The van der Waals surface area contributed by atoms with Gasteiger partial charge in [-0.3, -0.25) is 4.90 Å². The van der Waals surface area contributed by atoms with E-state index in [9.17, 15) is 13.2 Å². The number of likely N-dealkylation sites (tertiary alicyclic amines) is 1. The highest BCUT2D eigenvalue weighted by atomic mass is 35.5. The second-order valence-corrected chi connectivity index (χ2v) is 7.99. The lowest BCUT2D eigenvalue weighted by molar-refractivity contribution is -0.137. The Labute approximate surface area is 186 Å². The first kappa shape index (κ1) is 24.3. The van der Waals surface area contributed by atoms with E-state index < -0.39 is 11.7 Å². The maximum atomic E-state index is 11.8. The van der Waals surface area contributed by atoms with Crippen LogP contribution < -0.4 is 0 Å². The lowest BCUT2D eigenvalue weighted by Gasteiger charge is -2.32. The van der Waals surface area contributed by atoms with E-state index in [4.69, 9.17) is 23.2 Å². The van der Waals surface area contributed by atoms with E-state index in [1.807, 2.05) is 19.1 Å². The van der Waals surface area contributed by atoms with Gasteiger partial charge in [-0.25, -0.2) is 0 Å². The molecule has 2 aromatic carbocycles. The first-order chi connectivity index (χ1) is 14.2. The Morgan fingerprint density at radius 2 is 1.57 bits per heavy atom. The molecule has 0 N–H and O–H groups in total. The van der Waals surface area contributed by atoms with Gasteiger partial charge in [0, 0.05) is 10.0 Å². The van der Waals surface area contributed by atoms with E-state index >= 15 is 0 Å². The topological polar surface area (TPSA) is 3.24 Å². The highest BCUT2D eigenvalue weighted by Crippen LogP contribution is 2.29. The van der Waals surface area contributed by atoms with Gasteiger partial charge in [0.25, 0.3) is 0 Å². The fourth-order valence-electron chi connectivity index (χ4n) is 3.11. The molecule has 0 radical (unpaired) electrons. The number of allylic oxidation sites excluding steroid dienone is 1. The molecule has 6 heteroatoms.